The summed E-state index contributed by atoms with van der Waals surface area (Å²) in [4.78, 5) is 4.08. The van der Waals surface area contributed by atoms with Crippen molar-refractivity contribution in [2.75, 3.05) is 20.2 Å². The van der Waals surface area contributed by atoms with Crippen molar-refractivity contribution in [3.63, 3.8) is 0 Å². The van der Waals surface area contributed by atoms with Gasteiger partial charge in [0, 0.05) is 32.3 Å². The average Bonchev–Trinajstić information content (AvgIpc) is 3.15. The zero-order valence-electron chi connectivity index (χ0n) is 14.1. The first-order valence-corrected chi connectivity index (χ1v) is 7.96. The molecule has 2 N–H and O–H groups in total. The predicted octanol–water partition coefficient (Wildman–Crippen LogP) is 2.56. The number of rotatable bonds is 8. The third-order valence-corrected chi connectivity index (χ3v) is 3.43. The lowest BCUT2D eigenvalue weighted by atomic mass is 10.1. The second-order valence-corrected chi connectivity index (χ2v) is 5.26. The molecule has 0 aliphatic carbocycles. The second kappa shape index (κ2) is 10.1. The minimum absolute atomic E-state index is 0.246. The molecule has 0 unspecified atom stereocenters. The van der Waals surface area contributed by atoms with E-state index < -0.39 is 0 Å². The molecular formula is C18H21FN4O2. The van der Waals surface area contributed by atoms with Gasteiger partial charge in [0.25, 0.3) is 0 Å². The Kier molecular flexibility index (Phi) is 7.47. The van der Waals surface area contributed by atoms with Gasteiger partial charge in [0.05, 0.1) is 17.9 Å². The van der Waals surface area contributed by atoms with E-state index in [0.717, 1.165) is 12.2 Å². The average molecular weight is 344 g/mol. The molecule has 1 aromatic carbocycles. The first kappa shape index (κ1) is 18.5. The van der Waals surface area contributed by atoms with Crippen LogP contribution in [0.2, 0.25) is 0 Å². The van der Waals surface area contributed by atoms with Crippen LogP contribution in [0, 0.1) is 17.1 Å². The number of hydrogen-bond acceptors (Lipinski definition) is 4. The highest BCUT2D eigenvalue weighted by molar-refractivity contribution is 5.79. The number of halogens is 1. The molecule has 0 saturated carbocycles. The maximum Gasteiger partial charge on any atom is 0.191 e. The number of nitriles is 1. The van der Waals surface area contributed by atoms with Crippen molar-refractivity contribution < 1.29 is 13.5 Å². The standard InChI is InChI=1S/C18H21FN4O2/c1-21-18(22-7-3-8-24-13-16-4-2-9-25-16)23-12-15-10-14(11-20)5-6-17(15)19/h2,4-6,9-10H,3,7-8,12-13H2,1H3,(H2,21,22,23). The molecule has 7 heteroatoms. The molecule has 0 radical (unpaired) electrons. The number of hydrogen-bond donors (Lipinski definition) is 2. The zero-order chi connectivity index (χ0) is 17.9. The van der Waals surface area contributed by atoms with Crippen molar-refractivity contribution in [1.29, 1.82) is 5.26 Å². The summed E-state index contributed by atoms with van der Waals surface area (Å²) in [6.07, 6.45) is 2.41. The molecule has 0 amide bonds. The Morgan fingerprint density at radius 1 is 1.36 bits per heavy atom. The molecule has 1 heterocycles. The van der Waals surface area contributed by atoms with Gasteiger partial charge in [0.2, 0.25) is 0 Å². The Morgan fingerprint density at radius 2 is 2.24 bits per heavy atom. The van der Waals surface area contributed by atoms with E-state index in [4.69, 9.17) is 14.4 Å². The number of nitrogens with zero attached hydrogens (tertiary/aromatic N) is 2. The van der Waals surface area contributed by atoms with Gasteiger partial charge in [0.1, 0.15) is 18.2 Å². The lowest BCUT2D eigenvalue weighted by Gasteiger charge is -2.12. The number of ether oxygens (including phenoxy) is 1. The predicted molar refractivity (Wildman–Crippen MR) is 92.3 cm³/mol. The fourth-order valence-electron chi connectivity index (χ4n) is 2.13. The Morgan fingerprint density at radius 3 is 2.96 bits per heavy atom. The smallest absolute Gasteiger partial charge is 0.191 e. The Bertz CT molecular complexity index is 723. The largest absolute Gasteiger partial charge is 0.467 e. The van der Waals surface area contributed by atoms with Gasteiger partial charge in [-0.1, -0.05) is 0 Å². The number of furan rings is 1. The third kappa shape index (κ3) is 6.28. The highest BCUT2D eigenvalue weighted by Gasteiger charge is 2.05. The summed E-state index contributed by atoms with van der Waals surface area (Å²) in [5.41, 5.74) is 0.846. The molecule has 0 bridgehead atoms. The Labute approximate surface area is 146 Å². The zero-order valence-corrected chi connectivity index (χ0v) is 14.1. The van der Waals surface area contributed by atoms with Crippen LogP contribution in [-0.2, 0) is 17.9 Å². The van der Waals surface area contributed by atoms with E-state index in [1.807, 2.05) is 18.2 Å². The highest BCUT2D eigenvalue weighted by atomic mass is 19.1. The molecule has 0 aliphatic heterocycles. The van der Waals surface area contributed by atoms with Gasteiger partial charge in [-0.3, -0.25) is 4.99 Å². The molecule has 1 aromatic heterocycles. The van der Waals surface area contributed by atoms with Crippen LogP contribution in [-0.4, -0.2) is 26.2 Å². The molecule has 2 rings (SSSR count). The van der Waals surface area contributed by atoms with Crippen LogP contribution in [0.4, 0.5) is 4.39 Å². The Balaban J connectivity index is 1.66. The van der Waals surface area contributed by atoms with Crippen molar-refractivity contribution >= 4 is 5.96 Å². The first-order chi connectivity index (χ1) is 12.2. The van der Waals surface area contributed by atoms with Crippen molar-refractivity contribution in [2.45, 2.75) is 19.6 Å². The van der Waals surface area contributed by atoms with Crippen molar-refractivity contribution in [1.82, 2.24) is 10.6 Å². The van der Waals surface area contributed by atoms with E-state index in [1.54, 1.807) is 13.3 Å². The molecule has 25 heavy (non-hydrogen) atoms. The second-order valence-electron chi connectivity index (χ2n) is 5.26. The van der Waals surface area contributed by atoms with Crippen LogP contribution in [0.15, 0.2) is 46.0 Å². The minimum atomic E-state index is -0.353. The summed E-state index contributed by atoms with van der Waals surface area (Å²) in [7, 11) is 1.64. The number of guanidine groups is 1. The van der Waals surface area contributed by atoms with Crippen LogP contribution in [0.1, 0.15) is 23.3 Å². The summed E-state index contributed by atoms with van der Waals surface area (Å²) >= 11 is 0. The van der Waals surface area contributed by atoms with Gasteiger partial charge >= 0.3 is 0 Å². The normalized spacial score (nSPS) is 11.2. The highest BCUT2D eigenvalue weighted by Crippen LogP contribution is 2.09. The van der Waals surface area contributed by atoms with Gasteiger partial charge < -0.3 is 19.8 Å². The molecule has 6 nitrogen and oxygen atoms in total. The molecule has 0 aliphatic rings. The van der Waals surface area contributed by atoms with Gasteiger partial charge in [-0.15, -0.1) is 0 Å². The molecule has 2 aromatic rings. The summed E-state index contributed by atoms with van der Waals surface area (Å²) in [5, 5.41) is 15.0. The molecule has 132 valence electrons. The maximum absolute atomic E-state index is 13.7. The summed E-state index contributed by atoms with van der Waals surface area (Å²) in [6, 6.07) is 9.96. The molecule has 0 atom stereocenters. The summed E-state index contributed by atoms with van der Waals surface area (Å²) in [5.74, 6) is 1.01. The van der Waals surface area contributed by atoms with E-state index in [9.17, 15) is 4.39 Å². The topological polar surface area (TPSA) is 82.6 Å². The third-order valence-electron chi connectivity index (χ3n) is 3.43. The van der Waals surface area contributed by atoms with Crippen LogP contribution in [0.3, 0.4) is 0 Å². The van der Waals surface area contributed by atoms with Gasteiger partial charge in [-0.2, -0.15) is 5.26 Å². The number of benzene rings is 1. The summed E-state index contributed by atoms with van der Waals surface area (Å²) < 4.78 is 24.4. The van der Waals surface area contributed by atoms with E-state index in [0.29, 0.717) is 36.8 Å². The monoisotopic (exact) mass is 344 g/mol. The molecule has 0 fully saturated rings. The lowest BCUT2D eigenvalue weighted by molar-refractivity contribution is 0.105. The van der Waals surface area contributed by atoms with Gasteiger partial charge in [-0.05, 0) is 36.8 Å². The minimum Gasteiger partial charge on any atom is -0.467 e. The van der Waals surface area contributed by atoms with Crippen LogP contribution >= 0.6 is 0 Å². The molecular weight excluding hydrogens is 323 g/mol. The van der Waals surface area contributed by atoms with E-state index in [2.05, 4.69) is 15.6 Å². The quantitative estimate of drug-likeness (QED) is 0.437. The van der Waals surface area contributed by atoms with E-state index in [-0.39, 0.29) is 12.4 Å². The first-order valence-electron chi connectivity index (χ1n) is 7.96. The fourth-order valence-corrected chi connectivity index (χ4v) is 2.13. The molecule has 0 spiro atoms. The lowest BCUT2D eigenvalue weighted by Crippen LogP contribution is -2.37. The number of nitrogens with one attached hydrogen (secondary N) is 2. The fraction of sp³-hybridized carbons (Fsp3) is 0.333. The van der Waals surface area contributed by atoms with E-state index in [1.165, 1.54) is 18.2 Å². The van der Waals surface area contributed by atoms with Gasteiger partial charge in [0.15, 0.2) is 5.96 Å². The van der Waals surface area contributed by atoms with Gasteiger partial charge in [-0.25, -0.2) is 4.39 Å². The van der Waals surface area contributed by atoms with Crippen LogP contribution in [0.25, 0.3) is 0 Å². The molecule has 0 saturated heterocycles. The maximum atomic E-state index is 13.7. The Hall–Kier alpha value is -2.85. The van der Waals surface area contributed by atoms with Crippen molar-refractivity contribution in [2.24, 2.45) is 4.99 Å². The van der Waals surface area contributed by atoms with Crippen molar-refractivity contribution in [3.8, 4) is 6.07 Å². The van der Waals surface area contributed by atoms with Crippen LogP contribution in [0.5, 0.6) is 0 Å². The number of aliphatic imine (C=N–C) groups is 1. The van der Waals surface area contributed by atoms with E-state index >= 15 is 0 Å². The van der Waals surface area contributed by atoms with Crippen LogP contribution < -0.4 is 10.6 Å². The summed E-state index contributed by atoms with van der Waals surface area (Å²) in [6.45, 7) is 1.95. The SMILES string of the molecule is CN=C(NCCCOCc1ccco1)NCc1cc(C#N)ccc1F. The van der Waals surface area contributed by atoms with Crippen molar-refractivity contribution in [3.05, 3.63) is 59.3 Å².